The number of thiazole rings is 1. The van der Waals surface area contributed by atoms with E-state index in [2.05, 4.69) is 34.8 Å². The molecule has 34 heavy (non-hydrogen) atoms. The maximum Gasteiger partial charge on any atom is 0.263 e. The van der Waals surface area contributed by atoms with E-state index >= 15 is 0 Å². The second-order valence-corrected chi connectivity index (χ2v) is 9.24. The molecule has 0 saturated carbocycles. The van der Waals surface area contributed by atoms with Crippen molar-refractivity contribution in [1.82, 2.24) is 19.5 Å². The SMILES string of the molecule is Cc1cc2c(cc1Nc1nc(-c3ccncc3)cs1)nc(-c1cccc(C(F)F)c1)n2C(C)C. The summed E-state index contributed by atoms with van der Waals surface area (Å²) >= 11 is 1.53. The minimum Gasteiger partial charge on any atom is -0.331 e. The van der Waals surface area contributed by atoms with Crippen molar-refractivity contribution >= 4 is 33.2 Å². The van der Waals surface area contributed by atoms with Crippen molar-refractivity contribution in [2.75, 3.05) is 5.32 Å². The quantitative estimate of drug-likeness (QED) is 0.272. The zero-order valence-corrected chi connectivity index (χ0v) is 19.8. The number of anilines is 2. The summed E-state index contributed by atoms with van der Waals surface area (Å²) in [5.41, 5.74) is 6.28. The molecule has 0 aliphatic rings. The average molecular weight is 476 g/mol. The van der Waals surface area contributed by atoms with E-state index in [-0.39, 0.29) is 11.6 Å². The molecule has 0 bridgehead atoms. The molecular weight excluding hydrogens is 452 g/mol. The molecule has 8 heteroatoms. The van der Waals surface area contributed by atoms with Crippen LogP contribution >= 0.6 is 11.3 Å². The number of pyridine rings is 1. The number of aryl methyl sites for hydroxylation is 1. The Labute approximate surface area is 200 Å². The largest absolute Gasteiger partial charge is 0.331 e. The second-order valence-electron chi connectivity index (χ2n) is 8.38. The highest BCUT2D eigenvalue weighted by molar-refractivity contribution is 7.14. The third kappa shape index (κ3) is 4.17. The molecule has 0 amide bonds. The van der Waals surface area contributed by atoms with Gasteiger partial charge in [-0.2, -0.15) is 0 Å². The molecular formula is C26H23F2N5S. The fourth-order valence-electron chi connectivity index (χ4n) is 4.02. The van der Waals surface area contributed by atoms with Gasteiger partial charge < -0.3 is 9.88 Å². The molecule has 0 atom stereocenters. The molecule has 0 aliphatic heterocycles. The molecule has 5 rings (SSSR count). The van der Waals surface area contributed by atoms with Gasteiger partial charge >= 0.3 is 0 Å². The zero-order chi connectivity index (χ0) is 23.8. The first-order valence-corrected chi connectivity index (χ1v) is 11.8. The van der Waals surface area contributed by atoms with Crippen LogP contribution in [0.15, 0.2) is 66.3 Å². The Balaban J connectivity index is 1.54. The van der Waals surface area contributed by atoms with Crippen LogP contribution in [0.1, 0.15) is 37.4 Å². The van der Waals surface area contributed by atoms with E-state index < -0.39 is 6.43 Å². The summed E-state index contributed by atoms with van der Waals surface area (Å²) in [6.07, 6.45) is 0.976. The molecule has 3 heterocycles. The lowest BCUT2D eigenvalue weighted by Crippen LogP contribution is -2.03. The molecule has 0 radical (unpaired) electrons. The summed E-state index contributed by atoms with van der Waals surface area (Å²) in [6.45, 7) is 6.17. The molecule has 0 aliphatic carbocycles. The van der Waals surface area contributed by atoms with Crippen molar-refractivity contribution in [3.05, 3.63) is 77.4 Å². The van der Waals surface area contributed by atoms with Crippen LogP contribution in [0, 0.1) is 6.92 Å². The minimum atomic E-state index is -2.52. The number of hydrogen-bond acceptors (Lipinski definition) is 5. The van der Waals surface area contributed by atoms with Gasteiger partial charge in [0.15, 0.2) is 5.13 Å². The highest BCUT2D eigenvalue weighted by atomic mass is 32.1. The lowest BCUT2D eigenvalue weighted by molar-refractivity contribution is 0.151. The van der Waals surface area contributed by atoms with Gasteiger partial charge in [0, 0.05) is 46.2 Å². The van der Waals surface area contributed by atoms with E-state index in [1.165, 1.54) is 23.5 Å². The summed E-state index contributed by atoms with van der Waals surface area (Å²) in [4.78, 5) is 13.6. The van der Waals surface area contributed by atoms with Crippen molar-refractivity contribution in [1.29, 1.82) is 0 Å². The third-order valence-electron chi connectivity index (χ3n) is 5.67. The number of aromatic nitrogens is 4. The van der Waals surface area contributed by atoms with Crippen LogP contribution in [0.5, 0.6) is 0 Å². The highest BCUT2D eigenvalue weighted by Crippen LogP contribution is 2.35. The van der Waals surface area contributed by atoms with Gasteiger partial charge in [-0.15, -0.1) is 11.3 Å². The first-order chi connectivity index (χ1) is 16.4. The summed E-state index contributed by atoms with van der Waals surface area (Å²) in [7, 11) is 0. The number of nitrogens with one attached hydrogen (secondary N) is 1. The Morgan fingerprint density at radius 1 is 0.971 bits per heavy atom. The molecule has 1 N–H and O–H groups in total. The molecule has 0 saturated heterocycles. The Kier molecular flexibility index (Phi) is 5.83. The predicted molar refractivity (Wildman–Crippen MR) is 134 cm³/mol. The second kappa shape index (κ2) is 8.95. The molecule has 2 aromatic carbocycles. The molecule has 5 nitrogen and oxygen atoms in total. The van der Waals surface area contributed by atoms with Crippen molar-refractivity contribution in [2.24, 2.45) is 0 Å². The summed E-state index contributed by atoms with van der Waals surface area (Å²) in [5, 5.41) is 6.21. The van der Waals surface area contributed by atoms with Gasteiger partial charge in [-0.05, 0) is 56.7 Å². The van der Waals surface area contributed by atoms with Crippen LogP contribution in [0.4, 0.5) is 19.6 Å². The normalized spacial score (nSPS) is 11.6. The van der Waals surface area contributed by atoms with Gasteiger partial charge in [-0.3, -0.25) is 4.98 Å². The summed E-state index contributed by atoms with van der Waals surface area (Å²) in [5.74, 6) is 0.679. The minimum absolute atomic E-state index is 0.00725. The Morgan fingerprint density at radius 2 is 1.76 bits per heavy atom. The van der Waals surface area contributed by atoms with Crippen molar-refractivity contribution in [3.8, 4) is 22.6 Å². The summed E-state index contributed by atoms with van der Waals surface area (Å²) < 4.78 is 28.7. The summed E-state index contributed by atoms with van der Waals surface area (Å²) in [6, 6.07) is 14.5. The Hall–Kier alpha value is -3.65. The number of hydrogen-bond donors (Lipinski definition) is 1. The van der Waals surface area contributed by atoms with E-state index in [1.54, 1.807) is 18.5 Å². The smallest absolute Gasteiger partial charge is 0.263 e. The lowest BCUT2D eigenvalue weighted by atomic mass is 10.1. The van der Waals surface area contributed by atoms with Crippen LogP contribution < -0.4 is 5.32 Å². The number of halogens is 2. The van der Waals surface area contributed by atoms with E-state index in [4.69, 9.17) is 9.97 Å². The van der Waals surface area contributed by atoms with E-state index in [1.807, 2.05) is 36.6 Å². The first kappa shape index (κ1) is 22.2. The first-order valence-electron chi connectivity index (χ1n) is 10.9. The van der Waals surface area contributed by atoms with Crippen LogP contribution in [0.3, 0.4) is 0 Å². The number of nitrogens with zero attached hydrogens (tertiary/aromatic N) is 4. The monoisotopic (exact) mass is 475 g/mol. The fourth-order valence-corrected chi connectivity index (χ4v) is 4.75. The van der Waals surface area contributed by atoms with E-state index in [0.717, 1.165) is 38.7 Å². The van der Waals surface area contributed by atoms with E-state index in [0.29, 0.717) is 11.4 Å². The predicted octanol–water partition coefficient (Wildman–Crippen LogP) is 7.79. The van der Waals surface area contributed by atoms with Gasteiger partial charge in [0.1, 0.15) is 5.82 Å². The van der Waals surface area contributed by atoms with Crippen molar-refractivity contribution in [3.63, 3.8) is 0 Å². The van der Waals surface area contributed by atoms with Gasteiger partial charge in [0.05, 0.1) is 16.7 Å². The van der Waals surface area contributed by atoms with Gasteiger partial charge in [0.25, 0.3) is 6.43 Å². The van der Waals surface area contributed by atoms with Gasteiger partial charge in [-0.1, -0.05) is 18.2 Å². The van der Waals surface area contributed by atoms with Crippen LogP contribution in [0.25, 0.3) is 33.7 Å². The standard InChI is InChI=1S/C26H23F2N5S/c1-15(2)33-23-11-16(3)20(31-26-32-22(14-34-26)17-7-9-29-10-8-17)13-21(23)30-25(33)19-6-4-5-18(12-19)24(27)28/h4-15,24H,1-3H3,(H,31,32). The van der Waals surface area contributed by atoms with Crippen molar-refractivity contribution in [2.45, 2.75) is 33.2 Å². The van der Waals surface area contributed by atoms with Gasteiger partial charge in [-0.25, -0.2) is 18.7 Å². The molecule has 0 unspecified atom stereocenters. The Morgan fingerprint density at radius 3 is 2.50 bits per heavy atom. The van der Waals surface area contributed by atoms with Crippen LogP contribution in [-0.2, 0) is 0 Å². The highest BCUT2D eigenvalue weighted by Gasteiger charge is 2.18. The number of fused-ring (bicyclic) bond motifs is 1. The maximum absolute atomic E-state index is 13.3. The fraction of sp³-hybridized carbons (Fsp3) is 0.192. The average Bonchev–Trinajstić information content (AvgIpc) is 3.45. The van der Waals surface area contributed by atoms with E-state index in [9.17, 15) is 8.78 Å². The maximum atomic E-state index is 13.3. The third-order valence-corrected chi connectivity index (χ3v) is 6.43. The molecule has 0 fully saturated rings. The Bertz CT molecular complexity index is 1460. The van der Waals surface area contributed by atoms with Crippen LogP contribution in [-0.4, -0.2) is 19.5 Å². The number of alkyl halides is 2. The lowest BCUT2D eigenvalue weighted by Gasteiger charge is -2.14. The number of rotatable bonds is 6. The molecule has 0 spiro atoms. The van der Waals surface area contributed by atoms with Crippen molar-refractivity contribution < 1.29 is 8.78 Å². The molecule has 5 aromatic rings. The van der Waals surface area contributed by atoms with Gasteiger partial charge in [0.2, 0.25) is 0 Å². The molecule has 3 aromatic heterocycles. The molecule has 172 valence electrons. The number of imidazole rings is 1. The van der Waals surface area contributed by atoms with Crippen LogP contribution in [0.2, 0.25) is 0 Å². The number of benzene rings is 2. The zero-order valence-electron chi connectivity index (χ0n) is 19.0. The topological polar surface area (TPSA) is 55.6 Å².